The van der Waals surface area contributed by atoms with Crippen LogP contribution in [0.15, 0.2) is 65.8 Å². The van der Waals surface area contributed by atoms with Gasteiger partial charge in [-0.3, -0.25) is 9.36 Å². The van der Waals surface area contributed by atoms with Crippen LogP contribution >= 0.6 is 11.6 Å². The molecule has 0 radical (unpaired) electrons. The topological polar surface area (TPSA) is 98.7 Å². The maximum Gasteiger partial charge on any atom is 0.253 e. The Kier molecular flexibility index (Phi) is 4.63. The van der Waals surface area contributed by atoms with E-state index in [1.54, 1.807) is 53.6 Å². The van der Waals surface area contributed by atoms with Crippen LogP contribution in [0.3, 0.4) is 0 Å². The van der Waals surface area contributed by atoms with Crippen LogP contribution < -0.4 is 5.32 Å². The number of aromatic nitrogens is 5. The van der Waals surface area contributed by atoms with Gasteiger partial charge in [0.05, 0.1) is 12.1 Å². The Bertz CT molecular complexity index is 1060. The summed E-state index contributed by atoms with van der Waals surface area (Å²) in [5, 5.41) is 7.21. The highest BCUT2D eigenvalue weighted by Gasteiger charge is 2.12. The molecule has 0 atom stereocenters. The van der Waals surface area contributed by atoms with Gasteiger partial charge in [0.2, 0.25) is 11.7 Å². The number of benzene rings is 1. The smallest absolute Gasteiger partial charge is 0.253 e. The molecule has 0 spiro atoms. The van der Waals surface area contributed by atoms with E-state index in [0.717, 1.165) is 5.56 Å². The zero-order valence-electron chi connectivity index (χ0n) is 13.9. The number of imidazole rings is 1. The van der Waals surface area contributed by atoms with Crippen molar-refractivity contribution in [2.45, 2.75) is 6.54 Å². The lowest BCUT2D eigenvalue weighted by Gasteiger charge is -2.04. The molecular formula is C18H13ClN6O2. The summed E-state index contributed by atoms with van der Waals surface area (Å²) >= 11 is 5.96. The highest BCUT2D eigenvalue weighted by Crippen LogP contribution is 2.19. The van der Waals surface area contributed by atoms with E-state index in [0.29, 0.717) is 28.1 Å². The number of carbonyl (C=O) groups is 1. The van der Waals surface area contributed by atoms with Gasteiger partial charge in [0.25, 0.3) is 5.91 Å². The van der Waals surface area contributed by atoms with Crippen molar-refractivity contribution in [2.24, 2.45) is 0 Å². The highest BCUT2D eigenvalue weighted by atomic mass is 35.5. The minimum atomic E-state index is -0.290. The Labute approximate surface area is 158 Å². The first-order valence-electron chi connectivity index (χ1n) is 8.00. The van der Waals surface area contributed by atoms with Crippen molar-refractivity contribution in [2.75, 3.05) is 0 Å². The van der Waals surface area contributed by atoms with Gasteiger partial charge in [-0.15, -0.1) is 0 Å². The molecule has 9 heteroatoms. The van der Waals surface area contributed by atoms with E-state index in [1.807, 2.05) is 6.07 Å². The van der Waals surface area contributed by atoms with Crippen molar-refractivity contribution < 1.29 is 9.32 Å². The van der Waals surface area contributed by atoms with Gasteiger partial charge in [-0.05, 0) is 24.3 Å². The van der Waals surface area contributed by atoms with E-state index in [4.69, 9.17) is 16.1 Å². The molecule has 1 aromatic carbocycles. The maximum atomic E-state index is 12.3. The van der Waals surface area contributed by atoms with Gasteiger partial charge in [0.15, 0.2) is 0 Å². The quantitative estimate of drug-likeness (QED) is 0.571. The van der Waals surface area contributed by atoms with E-state index in [-0.39, 0.29) is 12.5 Å². The van der Waals surface area contributed by atoms with E-state index in [2.05, 4.69) is 25.4 Å². The zero-order chi connectivity index (χ0) is 18.6. The van der Waals surface area contributed by atoms with Crippen molar-refractivity contribution in [3.8, 4) is 17.2 Å². The zero-order valence-corrected chi connectivity index (χ0v) is 14.7. The molecule has 8 nitrogen and oxygen atoms in total. The largest absolute Gasteiger partial charge is 0.343 e. The lowest BCUT2D eigenvalue weighted by Crippen LogP contribution is -2.23. The predicted octanol–water partition coefficient (Wildman–Crippen LogP) is 2.90. The normalized spacial score (nSPS) is 10.7. The van der Waals surface area contributed by atoms with E-state index >= 15 is 0 Å². The molecule has 3 aromatic heterocycles. The molecule has 0 saturated heterocycles. The summed E-state index contributed by atoms with van der Waals surface area (Å²) in [6, 6.07) is 10.5. The van der Waals surface area contributed by atoms with Crippen LogP contribution in [0.2, 0.25) is 5.02 Å². The molecule has 4 aromatic rings. The Balaban J connectivity index is 1.39. The molecule has 3 heterocycles. The first-order valence-corrected chi connectivity index (χ1v) is 8.38. The molecule has 0 fully saturated rings. The number of hydrogen-bond donors (Lipinski definition) is 1. The van der Waals surface area contributed by atoms with E-state index < -0.39 is 0 Å². The number of amides is 1. The van der Waals surface area contributed by atoms with Gasteiger partial charge in [0.1, 0.15) is 12.1 Å². The second-order valence-corrected chi connectivity index (χ2v) is 6.02. The van der Waals surface area contributed by atoms with Crippen LogP contribution in [0, 0.1) is 0 Å². The van der Waals surface area contributed by atoms with Crippen LogP contribution in [-0.4, -0.2) is 30.6 Å². The fourth-order valence-electron chi connectivity index (χ4n) is 2.40. The Hall–Kier alpha value is -3.52. The first kappa shape index (κ1) is 16.9. The molecule has 0 bridgehead atoms. The Morgan fingerprint density at radius 2 is 2.19 bits per heavy atom. The lowest BCUT2D eigenvalue weighted by atomic mass is 10.2. The van der Waals surface area contributed by atoms with Crippen LogP contribution in [0.1, 0.15) is 16.2 Å². The monoisotopic (exact) mass is 380 g/mol. The van der Waals surface area contributed by atoms with Gasteiger partial charge >= 0.3 is 0 Å². The number of pyridine rings is 1. The molecule has 0 aliphatic carbocycles. The van der Waals surface area contributed by atoms with Gasteiger partial charge in [-0.25, -0.2) is 9.97 Å². The summed E-state index contributed by atoms with van der Waals surface area (Å²) in [7, 11) is 0. The SMILES string of the molecule is O=C(NCc1nc(-c2cccc(Cl)c2)no1)c1ccc(-n2ccnc2)nc1. The maximum absolute atomic E-state index is 12.3. The molecule has 0 aliphatic rings. The number of nitrogens with one attached hydrogen (secondary N) is 1. The van der Waals surface area contributed by atoms with Gasteiger partial charge in [-0.1, -0.05) is 28.9 Å². The molecule has 134 valence electrons. The van der Waals surface area contributed by atoms with Crippen molar-refractivity contribution in [3.63, 3.8) is 0 Å². The minimum Gasteiger partial charge on any atom is -0.343 e. The summed E-state index contributed by atoms with van der Waals surface area (Å²) < 4.78 is 6.92. The molecule has 0 unspecified atom stereocenters. The highest BCUT2D eigenvalue weighted by molar-refractivity contribution is 6.30. The van der Waals surface area contributed by atoms with E-state index in [9.17, 15) is 4.79 Å². The molecule has 0 aliphatic heterocycles. The average molecular weight is 381 g/mol. The number of hydrogen-bond acceptors (Lipinski definition) is 6. The van der Waals surface area contributed by atoms with Gasteiger partial charge in [-0.2, -0.15) is 4.98 Å². The molecular weight excluding hydrogens is 368 g/mol. The van der Waals surface area contributed by atoms with Crippen molar-refractivity contribution in [1.82, 2.24) is 30.0 Å². The van der Waals surface area contributed by atoms with Crippen molar-refractivity contribution in [1.29, 1.82) is 0 Å². The second-order valence-electron chi connectivity index (χ2n) is 5.58. The number of nitrogens with zero attached hydrogens (tertiary/aromatic N) is 5. The molecule has 4 rings (SSSR count). The Morgan fingerprint density at radius 1 is 1.26 bits per heavy atom. The van der Waals surface area contributed by atoms with Crippen molar-refractivity contribution in [3.05, 3.63) is 77.8 Å². The average Bonchev–Trinajstić information content (AvgIpc) is 3.38. The molecule has 0 saturated carbocycles. The number of halogens is 1. The summed E-state index contributed by atoms with van der Waals surface area (Å²) in [6.45, 7) is 0.107. The third-order valence-corrected chi connectivity index (χ3v) is 3.97. The minimum absolute atomic E-state index is 0.107. The summed E-state index contributed by atoms with van der Waals surface area (Å²) in [5.74, 6) is 1.09. The van der Waals surface area contributed by atoms with Crippen LogP contribution in [0.25, 0.3) is 17.2 Å². The van der Waals surface area contributed by atoms with Crippen LogP contribution in [0.5, 0.6) is 0 Å². The third-order valence-electron chi connectivity index (χ3n) is 3.73. The van der Waals surface area contributed by atoms with E-state index in [1.165, 1.54) is 6.20 Å². The fraction of sp³-hybridized carbons (Fsp3) is 0.0556. The number of rotatable bonds is 5. The van der Waals surface area contributed by atoms with Crippen LogP contribution in [-0.2, 0) is 6.54 Å². The first-order chi connectivity index (χ1) is 13.2. The summed E-state index contributed by atoms with van der Waals surface area (Å²) in [6.07, 6.45) is 6.56. The predicted molar refractivity (Wildman–Crippen MR) is 97.3 cm³/mol. The molecule has 1 amide bonds. The summed E-state index contributed by atoms with van der Waals surface area (Å²) in [4.78, 5) is 24.7. The second kappa shape index (κ2) is 7.38. The fourth-order valence-corrected chi connectivity index (χ4v) is 2.59. The van der Waals surface area contributed by atoms with Crippen molar-refractivity contribution >= 4 is 17.5 Å². The summed E-state index contributed by atoms with van der Waals surface area (Å²) in [5.41, 5.74) is 1.16. The van der Waals surface area contributed by atoms with Gasteiger partial charge < -0.3 is 9.84 Å². The third kappa shape index (κ3) is 3.85. The number of carbonyl (C=O) groups excluding carboxylic acids is 1. The van der Waals surface area contributed by atoms with Crippen LogP contribution in [0.4, 0.5) is 0 Å². The van der Waals surface area contributed by atoms with Gasteiger partial charge in [0, 0.05) is 29.2 Å². The Morgan fingerprint density at radius 3 is 2.93 bits per heavy atom. The standard InChI is InChI=1S/C18H13ClN6O2/c19-14-3-1-2-12(8-14)17-23-16(27-24-17)10-22-18(26)13-4-5-15(21-9-13)25-7-6-20-11-25/h1-9,11H,10H2,(H,22,26). The molecule has 1 N–H and O–H groups in total. The lowest BCUT2D eigenvalue weighted by molar-refractivity contribution is 0.0946. The molecule has 27 heavy (non-hydrogen) atoms.